The van der Waals surface area contributed by atoms with Crippen LogP contribution < -0.4 is 0 Å². The highest BCUT2D eigenvalue weighted by molar-refractivity contribution is 5.77. The van der Waals surface area contributed by atoms with Crippen molar-refractivity contribution in [2.45, 2.75) is 25.0 Å². The Morgan fingerprint density at radius 3 is 3.08 bits per heavy atom. The van der Waals surface area contributed by atoms with Crippen LogP contribution in [-0.2, 0) is 9.63 Å². The van der Waals surface area contributed by atoms with Crippen LogP contribution in [0.2, 0.25) is 0 Å². The maximum Gasteiger partial charge on any atom is 0.250 e. The van der Waals surface area contributed by atoms with Gasteiger partial charge in [0.05, 0.1) is 6.04 Å². The second-order valence-corrected chi connectivity index (χ2v) is 3.04. The summed E-state index contributed by atoms with van der Waals surface area (Å²) in [5.74, 6) is 0.00171. The van der Waals surface area contributed by atoms with Crippen molar-refractivity contribution < 1.29 is 9.63 Å². The van der Waals surface area contributed by atoms with Gasteiger partial charge in [-0.3, -0.25) is 9.63 Å². The molecule has 2 bridgehead atoms. The van der Waals surface area contributed by atoms with Gasteiger partial charge in [0, 0.05) is 12.8 Å². The van der Waals surface area contributed by atoms with E-state index in [0.717, 1.165) is 6.42 Å². The van der Waals surface area contributed by atoms with Crippen molar-refractivity contribution in [3.05, 3.63) is 24.8 Å². The van der Waals surface area contributed by atoms with E-state index in [1.165, 1.54) is 5.06 Å². The topological polar surface area (TPSA) is 29.5 Å². The normalized spacial score (nSPS) is 31.2. The molecule has 1 fully saturated rings. The molecule has 2 unspecified atom stereocenters. The van der Waals surface area contributed by atoms with Crippen molar-refractivity contribution in [1.82, 2.24) is 5.06 Å². The lowest BCUT2D eigenvalue weighted by atomic mass is 10.2. The summed E-state index contributed by atoms with van der Waals surface area (Å²) in [4.78, 5) is 16.7. The SMILES string of the molecule is C=CCC(=O)N1OC2C=CC1C2. The summed E-state index contributed by atoms with van der Waals surface area (Å²) in [6.45, 7) is 3.51. The number of hydrogen-bond donors (Lipinski definition) is 0. The van der Waals surface area contributed by atoms with E-state index >= 15 is 0 Å². The van der Waals surface area contributed by atoms with E-state index < -0.39 is 0 Å². The summed E-state index contributed by atoms with van der Waals surface area (Å²) in [5, 5.41) is 1.46. The fraction of sp³-hybridized carbons (Fsp3) is 0.444. The Bertz CT molecular complexity index is 247. The highest BCUT2D eigenvalue weighted by Crippen LogP contribution is 2.29. The lowest BCUT2D eigenvalue weighted by Gasteiger charge is -2.21. The molecule has 0 spiro atoms. The van der Waals surface area contributed by atoms with Crippen LogP contribution in [0.4, 0.5) is 0 Å². The molecule has 0 aromatic heterocycles. The average molecular weight is 165 g/mol. The van der Waals surface area contributed by atoms with Gasteiger partial charge in [0.15, 0.2) is 0 Å². The number of rotatable bonds is 2. The molecular weight excluding hydrogens is 154 g/mol. The lowest BCUT2D eigenvalue weighted by Crippen LogP contribution is -2.34. The van der Waals surface area contributed by atoms with Gasteiger partial charge in [0.1, 0.15) is 6.10 Å². The molecule has 1 saturated heterocycles. The predicted octanol–water partition coefficient (Wildman–Crippen LogP) is 1.03. The molecular formula is C9H11NO2. The standard InChI is InChI=1S/C9H11NO2/c1-2-3-9(11)10-7-4-5-8(6-7)12-10/h2,4-5,7-8H,1,3,6H2. The van der Waals surface area contributed by atoms with Crippen LogP contribution in [-0.4, -0.2) is 23.1 Å². The summed E-state index contributed by atoms with van der Waals surface area (Å²) in [7, 11) is 0. The zero-order valence-corrected chi connectivity index (χ0v) is 6.77. The van der Waals surface area contributed by atoms with Crippen molar-refractivity contribution in [1.29, 1.82) is 0 Å². The molecule has 1 amide bonds. The first-order valence-corrected chi connectivity index (χ1v) is 4.09. The van der Waals surface area contributed by atoms with Crippen LogP contribution in [0, 0.1) is 0 Å². The van der Waals surface area contributed by atoms with Crippen molar-refractivity contribution >= 4 is 5.91 Å². The molecule has 1 aliphatic carbocycles. The van der Waals surface area contributed by atoms with Crippen LogP contribution in [0.15, 0.2) is 24.8 Å². The second-order valence-electron chi connectivity index (χ2n) is 3.04. The van der Waals surface area contributed by atoms with Crippen LogP contribution in [0.1, 0.15) is 12.8 Å². The minimum atomic E-state index is 0.00171. The molecule has 3 heteroatoms. The van der Waals surface area contributed by atoms with Crippen molar-refractivity contribution in [3.63, 3.8) is 0 Å². The van der Waals surface area contributed by atoms with Gasteiger partial charge in [-0.05, 0) is 0 Å². The zero-order chi connectivity index (χ0) is 8.55. The zero-order valence-electron chi connectivity index (χ0n) is 6.77. The summed E-state index contributed by atoms with van der Waals surface area (Å²) >= 11 is 0. The van der Waals surface area contributed by atoms with Gasteiger partial charge in [0.25, 0.3) is 0 Å². The Morgan fingerprint density at radius 1 is 1.75 bits per heavy atom. The molecule has 0 N–H and O–H groups in total. The van der Waals surface area contributed by atoms with Gasteiger partial charge in [-0.1, -0.05) is 18.2 Å². The molecule has 0 saturated carbocycles. The number of amides is 1. The lowest BCUT2D eigenvalue weighted by molar-refractivity contribution is -0.181. The third-order valence-corrected chi connectivity index (χ3v) is 2.14. The van der Waals surface area contributed by atoms with E-state index in [-0.39, 0.29) is 18.1 Å². The number of nitrogens with zero attached hydrogens (tertiary/aromatic N) is 1. The first kappa shape index (κ1) is 7.55. The molecule has 0 aromatic carbocycles. The Balaban J connectivity index is 2.02. The average Bonchev–Trinajstić information content (AvgIpc) is 2.64. The van der Waals surface area contributed by atoms with Gasteiger partial charge >= 0.3 is 0 Å². The summed E-state index contributed by atoms with van der Waals surface area (Å²) in [6, 6.07) is 0.169. The Hall–Kier alpha value is -1.09. The molecule has 1 aliphatic heterocycles. The van der Waals surface area contributed by atoms with E-state index in [9.17, 15) is 4.79 Å². The van der Waals surface area contributed by atoms with Crippen LogP contribution in [0.5, 0.6) is 0 Å². The van der Waals surface area contributed by atoms with Gasteiger partial charge in [-0.2, -0.15) is 0 Å². The molecule has 3 nitrogen and oxygen atoms in total. The number of carbonyl (C=O) groups excluding carboxylic acids is 1. The third-order valence-electron chi connectivity index (χ3n) is 2.14. The third kappa shape index (κ3) is 1.06. The molecule has 12 heavy (non-hydrogen) atoms. The Morgan fingerprint density at radius 2 is 2.58 bits per heavy atom. The minimum Gasteiger partial charge on any atom is -0.272 e. The Labute approximate surface area is 71.3 Å². The van der Waals surface area contributed by atoms with Gasteiger partial charge in [0.2, 0.25) is 5.91 Å². The molecule has 1 heterocycles. The molecule has 64 valence electrons. The van der Waals surface area contributed by atoms with Crippen LogP contribution in [0.3, 0.4) is 0 Å². The van der Waals surface area contributed by atoms with Crippen molar-refractivity contribution in [2.24, 2.45) is 0 Å². The van der Waals surface area contributed by atoms with E-state index in [2.05, 4.69) is 6.58 Å². The Kier molecular flexibility index (Phi) is 1.73. The van der Waals surface area contributed by atoms with Gasteiger partial charge in [-0.15, -0.1) is 6.58 Å². The first-order chi connectivity index (χ1) is 5.81. The predicted molar refractivity (Wildman–Crippen MR) is 44.1 cm³/mol. The number of fused-ring (bicyclic) bond motifs is 2. The molecule has 0 radical (unpaired) electrons. The van der Waals surface area contributed by atoms with Gasteiger partial charge in [-0.25, -0.2) is 5.06 Å². The molecule has 2 rings (SSSR count). The largest absolute Gasteiger partial charge is 0.272 e. The van der Waals surface area contributed by atoms with E-state index in [4.69, 9.17) is 4.84 Å². The minimum absolute atomic E-state index is 0.00171. The number of hydroxylamine groups is 2. The van der Waals surface area contributed by atoms with Crippen LogP contribution >= 0.6 is 0 Å². The quantitative estimate of drug-likeness (QED) is 0.572. The highest BCUT2D eigenvalue weighted by atomic mass is 16.7. The number of carbonyl (C=O) groups is 1. The number of hydrogen-bond acceptors (Lipinski definition) is 2. The van der Waals surface area contributed by atoms with Crippen molar-refractivity contribution in [2.75, 3.05) is 0 Å². The highest BCUT2D eigenvalue weighted by Gasteiger charge is 2.37. The monoisotopic (exact) mass is 165 g/mol. The maximum absolute atomic E-state index is 11.3. The fourth-order valence-electron chi connectivity index (χ4n) is 1.58. The van der Waals surface area contributed by atoms with E-state index in [1.54, 1.807) is 6.08 Å². The van der Waals surface area contributed by atoms with Crippen molar-refractivity contribution in [3.8, 4) is 0 Å². The van der Waals surface area contributed by atoms with Crippen LogP contribution in [0.25, 0.3) is 0 Å². The molecule has 2 atom stereocenters. The second kappa shape index (κ2) is 2.75. The van der Waals surface area contributed by atoms with E-state index in [1.807, 2.05) is 12.2 Å². The first-order valence-electron chi connectivity index (χ1n) is 4.09. The molecule has 0 aromatic rings. The smallest absolute Gasteiger partial charge is 0.250 e. The fourth-order valence-corrected chi connectivity index (χ4v) is 1.58. The van der Waals surface area contributed by atoms with Gasteiger partial charge < -0.3 is 0 Å². The summed E-state index contributed by atoms with van der Waals surface area (Å²) in [5.41, 5.74) is 0. The molecule has 2 aliphatic rings. The summed E-state index contributed by atoms with van der Waals surface area (Å²) in [6.07, 6.45) is 7.03. The van der Waals surface area contributed by atoms with E-state index in [0.29, 0.717) is 6.42 Å². The maximum atomic E-state index is 11.3. The summed E-state index contributed by atoms with van der Waals surface area (Å²) < 4.78 is 0.